The van der Waals surface area contributed by atoms with Gasteiger partial charge in [0.25, 0.3) is 0 Å². The van der Waals surface area contributed by atoms with Crippen molar-refractivity contribution < 1.29 is 19.4 Å². The Morgan fingerprint density at radius 1 is 1.15 bits per heavy atom. The zero-order valence-electron chi connectivity index (χ0n) is 20.9. The lowest BCUT2D eigenvalue weighted by molar-refractivity contribution is -0.139. The van der Waals surface area contributed by atoms with Gasteiger partial charge in [-0.25, -0.2) is 0 Å². The van der Waals surface area contributed by atoms with Crippen LogP contribution in [0.15, 0.2) is 54.6 Å². The van der Waals surface area contributed by atoms with E-state index in [1.165, 1.54) is 18.2 Å². The highest BCUT2D eigenvalue weighted by Crippen LogP contribution is 2.32. The highest BCUT2D eigenvalue weighted by Gasteiger charge is 2.28. The van der Waals surface area contributed by atoms with E-state index in [2.05, 4.69) is 48.2 Å². The molecule has 0 saturated carbocycles. The van der Waals surface area contributed by atoms with Gasteiger partial charge in [-0.1, -0.05) is 60.7 Å². The summed E-state index contributed by atoms with van der Waals surface area (Å²) in [4.78, 5) is 11.3. The number of benzene rings is 2. The largest absolute Gasteiger partial charge is 0.469 e. The molecular weight excluding hydrogens is 426 g/mol. The summed E-state index contributed by atoms with van der Waals surface area (Å²) in [7, 11) is 1.38. The standard InChI is InChI=1S/C29H39NO4/c1-21(27-14-8-7-10-23(27)13-9-15-28(32)33-4)34-20-26(31)19-30-29(2,3)18-22-16-24-11-5-6-12-25(24)17-22/h5-14,21-22,26,30-31H,15-20H2,1-4H3/b13-9+/t21?,26-/m1/s1. The molecule has 0 fully saturated rings. The van der Waals surface area contributed by atoms with Gasteiger partial charge in [-0.05, 0) is 68.2 Å². The average Bonchev–Trinajstić information content (AvgIpc) is 3.23. The number of methoxy groups -OCH3 is 1. The van der Waals surface area contributed by atoms with E-state index in [4.69, 9.17) is 4.74 Å². The fraction of sp³-hybridized carbons (Fsp3) is 0.483. The second kappa shape index (κ2) is 12.3. The van der Waals surface area contributed by atoms with Gasteiger partial charge in [0.1, 0.15) is 0 Å². The number of hydrogen-bond acceptors (Lipinski definition) is 5. The number of aliphatic hydroxyl groups is 1. The van der Waals surface area contributed by atoms with Crippen LogP contribution >= 0.6 is 0 Å². The molecule has 1 unspecified atom stereocenters. The van der Waals surface area contributed by atoms with Crippen LogP contribution in [0.5, 0.6) is 0 Å². The molecule has 5 heteroatoms. The number of carbonyl (C=O) groups excluding carboxylic acids is 1. The summed E-state index contributed by atoms with van der Waals surface area (Å²) >= 11 is 0. The van der Waals surface area contributed by atoms with Crippen molar-refractivity contribution in [3.63, 3.8) is 0 Å². The van der Waals surface area contributed by atoms with Crippen LogP contribution in [0.1, 0.15) is 62.0 Å². The molecule has 0 bridgehead atoms. The summed E-state index contributed by atoms with van der Waals surface area (Å²) in [5.74, 6) is 0.367. The van der Waals surface area contributed by atoms with E-state index in [1.807, 2.05) is 37.3 Å². The zero-order chi connectivity index (χ0) is 24.6. The maximum Gasteiger partial charge on any atom is 0.309 e. The minimum Gasteiger partial charge on any atom is -0.469 e. The lowest BCUT2D eigenvalue weighted by atomic mass is 9.88. The molecule has 1 aliphatic carbocycles. The molecule has 2 N–H and O–H groups in total. The molecule has 2 aromatic carbocycles. The van der Waals surface area contributed by atoms with E-state index in [0.29, 0.717) is 12.5 Å². The van der Waals surface area contributed by atoms with Crippen LogP contribution in [0.25, 0.3) is 6.08 Å². The lowest BCUT2D eigenvalue weighted by Crippen LogP contribution is -2.45. The summed E-state index contributed by atoms with van der Waals surface area (Å²) in [6.07, 6.45) is 6.50. The maximum absolute atomic E-state index is 11.3. The Kier molecular flexibility index (Phi) is 9.45. The number of hydrogen-bond donors (Lipinski definition) is 2. The number of ether oxygens (including phenoxy) is 2. The Balaban J connectivity index is 1.44. The van der Waals surface area contributed by atoms with Crippen LogP contribution in [0.3, 0.4) is 0 Å². The van der Waals surface area contributed by atoms with Gasteiger partial charge in [0.15, 0.2) is 0 Å². The number of esters is 1. The van der Waals surface area contributed by atoms with Crippen LogP contribution in [-0.4, -0.2) is 43.0 Å². The average molecular weight is 466 g/mol. The maximum atomic E-state index is 11.3. The van der Waals surface area contributed by atoms with E-state index in [-0.39, 0.29) is 30.6 Å². The molecule has 34 heavy (non-hydrogen) atoms. The monoisotopic (exact) mass is 465 g/mol. The van der Waals surface area contributed by atoms with Crippen molar-refractivity contribution in [1.82, 2.24) is 5.32 Å². The number of aliphatic hydroxyl groups excluding tert-OH is 1. The van der Waals surface area contributed by atoms with Crippen LogP contribution < -0.4 is 5.32 Å². The summed E-state index contributed by atoms with van der Waals surface area (Å²) in [5.41, 5.74) is 4.91. The molecule has 0 aliphatic heterocycles. The van der Waals surface area contributed by atoms with Gasteiger partial charge in [0.2, 0.25) is 0 Å². The van der Waals surface area contributed by atoms with Crippen molar-refractivity contribution in [2.24, 2.45) is 5.92 Å². The molecule has 0 aromatic heterocycles. The first-order chi connectivity index (χ1) is 16.3. The first-order valence-corrected chi connectivity index (χ1v) is 12.2. The predicted molar refractivity (Wildman–Crippen MR) is 137 cm³/mol. The molecule has 0 spiro atoms. The van der Waals surface area contributed by atoms with Gasteiger partial charge in [-0.3, -0.25) is 4.79 Å². The third-order valence-electron chi connectivity index (χ3n) is 6.53. The fourth-order valence-corrected chi connectivity index (χ4v) is 4.78. The third kappa shape index (κ3) is 7.79. The van der Waals surface area contributed by atoms with E-state index in [9.17, 15) is 9.90 Å². The predicted octanol–water partition coefficient (Wildman–Crippen LogP) is 4.87. The van der Waals surface area contributed by atoms with E-state index in [1.54, 1.807) is 6.08 Å². The van der Waals surface area contributed by atoms with E-state index < -0.39 is 6.10 Å². The number of fused-ring (bicyclic) bond motifs is 1. The molecule has 1 aliphatic rings. The molecule has 2 aromatic rings. The van der Waals surface area contributed by atoms with E-state index in [0.717, 1.165) is 30.4 Å². The Hall–Kier alpha value is -2.47. The second-order valence-electron chi connectivity index (χ2n) is 9.95. The molecule has 5 nitrogen and oxygen atoms in total. The summed E-state index contributed by atoms with van der Waals surface area (Å²) in [6, 6.07) is 16.7. The molecule has 0 heterocycles. The Labute approximate surface area is 204 Å². The van der Waals surface area contributed by atoms with E-state index >= 15 is 0 Å². The van der Waals surface area contributed by atoms with Crippen LogP contribution in [0, 0.1) is 5.92 Å². The van der Waals surface area contributed by atoms with Gasteiger partial charge >= 0.3 is 5.97 Å². The highest BCUT2D eigenvalue weighted by molar-refractivity contribution is 5.72. The molecule has 0 amide bonds. The van der Waals surface area contributed by atoms with Gasteiger partial charge in [0, 0.05) is 12.1 Å². The van der Waals surface area contributed by atoms with Crippen molar-refractivity contribution in [3.05, 3.63) is 76.9 Å². The van der Waals surface area contributed by atoms with Crippen molar-refractivity contribution in [3.8, 4) is 0 Å². The second-order valence-corrected chi connectivity index (χ2v) is 9.95. The smallest absolute Gasteiger partial charge is 0.309 e. The normalized spacial score (nSPS) is 15.9. The van der Waals surface area contributed by atoms with Crippen molar-refractivity contribution in [1.29, 1.82) is 0 Å². The Morgan fingerprint density at radius 3 is 2.47 bits per heavy atom. The number of nitrogens with one attached hydrogen (secondary N) is 1. The zero-order valence-corrected chi connectivity index (χ0v) is 20.9. The molecule has 2 atom stereocenters. The SMILES string of the molecule is COC(=O)C/C=C/c1ccccc1C(C)OC[C@H](O)CNC(C)(C)CC1Cc2ccccc2C1. The summed E-state index contributed by atoms with van der Waals surface area (Å²) in [6.45, 7) is 7.14. The van der Waals surface area contributed by atoms with Crippen molar-refractivity contribution in [2.45, 2.75) is 64.2 Å². The summed E-state index contributed by atoms with van der Waals surface area (Å²) in [5, 5.41) is 14.1. The van der Waals surface area contributed by atoms with Gasteiger partial charge in [-0.15, -0.1) is 0 Å². The number of β-amino-alcohol motifs (C(OH)–C–C–N with tert-alkyl or cyclic N) is 1. The van der Waals surface area contributed by atoms with Gasteiger partial charge in [-0.2, -0.15) is 0 Å². The first kappa shape index (κ1) is 26.1. The third-order valence-corrected chi connectivity index (χ3v) is 6.53. The summed E-state index contributed by atoms with van der Waals surface area (Å²) < 4.78 is 10.7. The Morgan fingerprint density at radius 2 is 1.79 bits per heavy atom. The molecule has 3 rings (SSSR count). The Bertz CT molecular complexity index is 943. The lowest BCUT2D eigenvalue weighted by Gasteiger charge is -2.31. The topological polar surface area (TPSA) is 67.8 Å². The molecule has 184 valence electrons. The van der Waals surface area contributed by atoms with Crippen LogP contribution in [0.2, 0.25) is 0 Å². The highest BCUT2D eigenvalue weighted by atomic mass is 16.5. The minimum atomic E-state index is -0.593. The molecule has 0 saturated heterocycles. The van der Waals surface area contributed by atoms with Gasteiger partial charge < -0.3 is 19.9 Å². The number of rotatable bonds is 12. The van der Waals surface area contributed by atoms with Crippen LogP contribution in [0.4, 0.5) is 0 Å². The van der Waals surface area contributed by atoms with Gasteiger partial charge in [0.05, 0.1) is 32.3 Å². The van der Waals surface area contributed by atoms with Crippen LogP contribution in [-0.2, 0) is 27.1 Å². The first-order valence-electron chi connectivity index (χ1n) is 12.2. The minimum absolute atomic E-state index is 0.0592. The fourth-order valence-electron chi connectivity index (χ4n) is 4.78. The molecular formula is C29H39NO4. The van der Waals surface area contributed by atoms with Crippen molar-refractivity contribution >= 4 is 12.0 Å². The quantitative estimate of drug-likeness (QED) is 0.438. The number of carbonyl (C=O) groups is 1. The van der Waals surface area contributed by atoms with Crippen molar-refractivity contribution in [2.75, 3.05) is 20.3 Å². The molecule has 0 radical (unpaired) electrons.